The van der Waals surface area contributed by atoms with E-state index in [1.165, 1.54) is 28.2 Å². The molecule has 1 fully saturated rings. The second kappa shape index (κ2) is 11.2. The molecule has 33 heavy (non-hydrogen) atoms. The van der Waals surface area contributed by atoms with Gasteiger partial charge in [0, 0.05) is 24.5 Å². The van der Waals surface area contributed by atoms with Crippen LogP contribution in [0.3, 0.4) is 0 Å². The largest absolute Gasteiger partial charge is 0.325 e. The molecule has 2 atom stereocenters. The highest BCUT2D eigenvalue weighted by molar-refractivity contribution is 8.01. The fraction of sp³-hybridized carbons (Fsp3) is 0.417. The first-order valence-electron chi connectivity index (χ1n) is 11.0. The van der Waals surface area contributed by atoms with Crippen molar-refractivity contribution in [3.63, 3.8) is 0 Å². The first kappa shape index (κ1) is 25.3. The van der Waals surface area contributed by atoms with Crippen molar-refractivity contribution in [2.24, 2.45) is 5.92 Å². The number of carbonyl (C=O) groups is 2. The molecule has 178 valence electrons. The molecule has 2 aromatic carbocycles. The molecule has 0 spiro atoms. The predicted molar refractivity (Wildman–Crippen MR) is 134 cm³/mol. The second-order valence-electron chi connectivity index (χ2n) is 8.49. The Kier molecular flexibility index (Phi) is 8.56. The van der Waals surface area contributed by atoms with Gasteiger partial charge in [-0.2, -0.15) is 4.31 Å². The highest BCUT2D eigenvalue weighted by Crippen LogP contribution is 2.24. The maximum atomic E-state index is 12.9. The zero-order chi connectivity index (χ0) is 24.0. The van der Waals surface area contributed by atoms with Crippen molar-refractivity contribution in [2.45, 2.75) is 43.8 Å². The molecule has 3 rings (SSSR count). The van der Waals surface area contributed by atoms with Crippen LogP contribution in [0.1, 0.15) is 32.3 Å². The smallest absolute Gasteiger partial charge is 0.243 e. The Morgan fingerprint density at radius 2 is 1.67 bits per heavy atom. The van der Waals surface area contributed by atoms with Crippen molar-refractivity contribution in [2.75, 3.05) is 29.5 Å². The molecule has 7 nitrogen and oxygen atoms in total. The van der Waals surface area contributed by atoms with Gasteiger partial charge in [0.25, 0.3) is 0 Å². The van der Waals surface area contributed by atoms with Gasteiger partial charge in [-0.1, -0.05) is 24.6 Å². The van der Waals surface area contributed by atoms with Gasteiger partial charge < -0.3 is 10.6 Å². The van der Waals surface area contributed by atoms with Crippen LogP contribution >= 0.6 is 11.8 Å². The molecule has 2 unspecified atom stereocenters. The Hall–Kier alpha value is -2.36. The molecule has 0 aliphatic carbocycles. The molecule has 0 saturated carbocycles. The lowest BCUT2D eigenvalue weighted by molar-refractivity contribution is -0.115. The molecule has 1 aliphatic rings. The zero-order valence-electron chi connectivity index (χ0n) is 19.2. The van der Waals surface area contributed by atoms with Crippen LogP contribution in [0.5, 0.6) is 0 Å². The fourth-order valence-electron chi connectivity index (χ4n) is 3.58. The lowest BCUT2D eigenvalue weighted by atomic mass is 10.0. The average molecular weight is 490 g/mol. The SMILES string of the molecule is Cc1ccc(NC(=O)CSC(C)C(=O)Nc2ccc(S(=O)(=O)N3CCCC(C)C3)cc2)cc1. The summed E-state index contributed by atoms with van der Waals surface area (Å²) in [5, 5.41) is 5.15. The van der Waals surface area contributed by atoms with E-state index in [0.717, 1.165) is 24.1 Å². The van der Waals surface area contributed by atoms with Crippen LogP contribution < -0.4 is 10.6 Å². The molecular weight excluding hydrogens is 458 g/mol. The number of nitrogens with zero attached hydrogens (tertiary/aromatic N) is 1. The van der Waals surface area contributed by atoms with E-state index in [1.807, 2.05) is 31.2 Å². The number of piperidine rings is 1. The van der Waals surface area contributed by atoms with Gasteiger partial charge in [-0.15, -0.1) is 11.8 Å². The van der Waals surface area contributed by atoms with Gasteiger partial charge in [0.05, 0.1) is 15.9 Å². The van der Waals surface area contributed by atoms with Gasteiger partial charge >= 0.3 is 0 Å². The maximum Gasteiger partial charge on any atom is 0.243 e. The molecule has 1 aliphatic heterocycles. The van der Waals surface area contributed by atoms with Crippen molar-refractivity contribution < 1.29 is 18.0 Å². The number of carbonyl (C=O) groups excluding carboxylic acids is 2. The van der Waals surface area contributed by atoms with E-state index >= 15 is 0 Å². The van der Waals surface area contributed by atoms with Crippen LogP contribution in [0.4, 0.5) is 11.4 Å². The molecule has 2 amide bonds. The van der Waals surface area contributed by atoms with Crippen LogP contribution in [0.25, 0.3) is 0 Å². The standard InChI is InChI=1S/C24H31N3O4S2/c1-17-6-8-20(9-7-17)25-23(28)16-32-19(3)24(29)26-21-10-12-22(13-11-21)33(30,31)27-14-4-5-18(2)15-27/h6-13,18-19H,4-5,14-16H2,1-3H3,(H,25,28)(H,26,29). The Morgan fingerprint density at radius 1 is 1.06 bits per heavy atom. The van der Waals surface area contributed by atoms with Crippen LogP contribution in [0.2, 0.25) is 0 Å². The molecule has 0 aromatic heterocycles. The van der Waals surface area contributed by atoms with Crippen LogP contribution in [0.15, 0.2) is 53.4 Å². The summed E-state index contributed by atoms with van der Waals surface area (Å²) >= 11 is 1.23. The van der Waals surface area contributed by atoms with E-state index in [0.29, 0.717) is 24.7 Å². The summed E-state index contributed by atoms with van der Waals surface area (Å²) in [7, 11) is -3.53. The Balaban J connectivity index is 1.50. The van der Waals surface area contributed by atoms with Gasteiger partial charge in [0.2, 0.25) is 21.8 Å². The summed E-state index contributed by atoms with van der Waals surface area (Å²) in [6, 6.07) is 13.8. The summed E-state index contributed by atoms with van der Waals surface area (Å²) in [4.78, 5) is 24.9. The Morgan fingerprint density at radius 3 is 2.30 bits per heavy atom. The fourth-order valence-corrected chi connectivity index (χ4v) is 5.86. The summed E-state index contributed by atoms with van der Waals surface area (Å²) < 4.78 is 27.3. The second-order valence-corrected chi connectivity index (χ2v) is 11.8. The molecule has 1 saturated heterocycles. The molecule has 2 aromatic rings. The number of amides is 2. The summed E-state index contributed by atoms with van der Waals surface area (Å²) in [6.45, 7) is 6.84. The number of nitrogens with one attached hydrogen (secondary N) is 2. The zero-order valence-corrected chi connectivity index (χ0v) is 20.8. The number of hydrogen-bond donors (Lipinski definition) is 2. The number of benzene rings is 2. The number of rotatable bonds is 8. The lowest BCUT2D eigenvalue weighted by Crippen LogP contribution is -2.39. The molecule has 0 bridgehead atoms. The highest BCUT2D eigenvalue weighted by atomic mass is 32.2. The van der Waals surface area contributed by atoms with Crippen molar-refractivity contribution >= 4 is 45.0 Å². The van der Waals surface area contributed by atoms with Gasteiger partial charge in [0.15, 0.2) is 0 Å². The first-order valence-corrected chi connectivity index (χ1v) is 13.5. The van der Waals surface area contributed by atoms with Gasteiger partial charge in [-0.05, 0) is 69.0 Å². The van der Waals surface area contributed by atoms with Gasteiger partial charge in [-0.3, -0.25) is 9.59 Å². The summed E-state index contributed by atoms with van der Waals surface area (Å²) in [6.07, 6.45) is 1.91. The van der Waals surface area contributed by atoms with Crippen molar-refractivity contribution in [3.8, 4) is 0 Å². The Bertz CT molecular complexity index is 1070. The third kappa shape index (κ3) is 7.06. The van der Waals surface area contributed by atoms with Crippen LogP contribution in [-0.4, -0.2) is 48.6 Å². The van der Waals surface area contributed by atoms with E-state index in [1.54, 1.807) is 19.1 Å². The number of thioether (sulfide) groups is 1. The number of anilines is 2. The molecule has 1 heterocycles. The van der Waals surface area contributed by atoms with Crippen LogP contribution in [-0.2, 0) is 19.6 Å². The van der Waals surface area contributed by atoms with Gasteiger partial charge in [-0.25, -0.2) is 8.42 Å². The monoisotopic (exact) mass is 489 g/mol. The first-order chi connectivity index (χ1) is 15.6. The third-order valence-corrected chi connectivity index (χ3v) is 8.57. The van der Waals surface area contributed by atoms with Gasteiger partial charge in [0.1, 0.15) is 0 Å². The predicted octanol–water partition coefficient (Wildman–Crippen LogP) is 4.11. The molecule has 9 heteroatoms. The van der Waals surface area contributed by atoms with Crippen LogP contribution in [0, 0.1) is 12.8 Å². The topological polar surface area (TPSA) is 95.6 Å². The number of sulfonamides is 1. The maximum absolute atomic E-state index is 12.9. The quantitative estimate of drug-likeness (QED) is 0.582. The van der Waals surface area contributed by atoms with Crippen molar-refractivity contribution in [3.05, 3.63) is 54.1 Å². The Labute approximate surface area is 200 Å². The van der Waals surface area contributed by atoms with Crippen molar-refractivity contribution in [1.82, 2.24) is 4.31 Å². The summed E-state index contributed by atoms with van der Waals surface area (Å²) in [5.41, 5.74) is 2.35. The number of hydrogen-bond acceptors (Lipinski definition) is 5. The minimum atomic E-state index is -3.53. The van der Waals surface area contributed by atoms with E-state index in [9.17, 15) is 18.0 Å². The van der Waals surface area contributed by atoms with E-state index in [-0.39, 0.29) is 22.5 Å². The highest BCUT2D eigenvalue weighted by Gasteiger charge is 2.28. The summed E-state index contributed by atoms with van der Waals surface area (Å²) in [5.74, 6) is 0.0761. The lowest BCUT2D eigenvalue weighted by Gasteiger charge is -2.30. The minimum absolute atomic E-state index is 0.147. The average Bonchev–Trinajstić information content (AvgIpc) is 2.79. The third-order valence-electron chi connectivity index (χ3n) is 5.55. The minimum Gasteiger partial charge on any atom is -0.325 e. The van der Waals surface area contributed by atoms with E-state index in [2.05, 4.69) is 17.6 Å². The van der Waals surface area contributed by atoms with E-state index < -0.39 is 15.3 Å². The normalized spacial score (nSPS) is 17.8. The molecule has 0 radical (unpaired) electrons. The molecule has 2 N–H and O–H groups in total. The molecular formula is C24H31N3O4S2. The van der Waals surface area contributed by atoms with Crippen molar-refractivity contribution in [1.29, 1.82) is 0 Å². The number of aryl methyl sites for hydroxylation is 1. The van der Waals surface area contributed by atoms with E-state index in [4.69, 9.17) is 0 Å².